The summed E-state index contributed by atoms with van der Waals surface area (Å²) >= 11 is 0.757. The Balaban J connectivity index is 4.86. The Morgan fingerprint density at radius 1 is 0.893 bits per heavy atom. The predicted octanol–water partition coefficient (Wildman–Crippen LogP) is -2.62. The number of hydrogen-bond acceptors (Lipinski definition) is 8. The average molecular weight is 423 g/mol. The number of rotatable bonds is 14. The Kier molecular flexibility index (Phi) is 11.2. The van der Waals surface area contributed by atoms with Crippen molar-refractivity contribution in [1.82, 2.24) is 10.6 Å². The molecule has 0 heterocycles. The zero-order valence-electron chi connectivity index (χ0n) is 14.5. The number of carbonyl (C=O) groups excluding carboxylic acids is 2. The van der Waals surface area contributed by atoms with E-state index in [-0.39, 0.29) is 18.6 Å². The summed E-state index contributed by atoms with van der Waals surface area (Å²) in [6, 6.07) is -2.58. The van der Waals surface area contributed by atoms with Gasteiger partial charge in [0.25, 0.3) is 0 Å². The van der Waals surface area contributed by atoms with E-state index in [0.29, 0.717) is 0 Å². The molecule has 2 amide bonds. The van der Waals surface area contributed by atoms with Gasteiger partial charge < -0.3 is 36.8 Å². The molecule has 28 heavy (non-hydrogen) atoms. The predicted molar refractivity (Wildman–Crippen MR) is 93.5 cm³/mol. The minimum atomic E-state index is -1.73. The van der Waals surface area contributed by atoms with E-state index in [9.17, 15) is 28.8 Å². The number of amides is 2. The number of nitrogens with two attached hydrogens (primary N) is 1. The van der Waals surface area contributed by atoms with Crippen LogP contribution in [0.3, 0.4) is 0 Å². The molecule has 2 atom stereocenters. The van der Waals surface area contributed by atoms with Crippen LogP contribution < -0.4 is 16.4 Å². The summed E-state index contributed by atoms with van der Waals surface area (Å²) < 4.78 is 0. The number of aliphatic carboxylic acids is 4. The van der Waals surface area contributed by atoms with Gasteiger partial charge in [-0.1, -0.05) is 0 Å². The number of carboxylic acids is 4. The Morgan fingerprint density at radius 3 is 1.93 bits per heavy atom. The third kappa shape index (κ3) is 10.3. The third-order valence-corrected chi connectivity index (χ3v) is 4.37. The molecule has 0 rings (SSSR count). The van der Waals surface area contributed by atoms with Gasteiger partial charge in [0.1, 0.15) is 18.6 Å². The minimum absolute atomic E-state index is 0.210. The molecule has 0 radical (unpaired) electrons. The van der Waals surface area contributed by atoms with E-state index in [4.69, 9.17) is 26.2 Å². The van der Waals surface area contributed by atoms with Crippen molar-refractivity contribution in [3.8, 4) is 0 Å². The lowest BCUT2D eigenvalue weighted by molar-refractivity contribution is -0.153. The standard InChI is InChI=1S/C14H21N3O10S/c15-7(14(26)27)1-2-9(18)17-8(11(21)16-3-10(19)20)5-28-4-6(12(22)23)13(24)25/h6-8H,1-5,15H2,(H,16,21)(H,17,18)(H,19,20)(H,22,23)(H,24,25)(H,26,27)/t7-,8-/m0/s1. The van der Waals surface area contributed by atoms with E-state index in [0.717, 1.165) is 11.8 Å². The van der Waals surface area contributed by atoms with Crippen molar-refractivity contribution in [2.75, 3.05) is 18.1 Å². The molecule has 0 unspecified atom stereocenters. The van der Waals surface area contributed by atoms with Gasteiger partial charge in [0, 0.05) is 17.9 Å². The Hall–Kier alpha value is -2.87. The second-order valence-corrected chi connectivity index (χ2v) is 6.56. The summed E-state index contributed by atoms with van der Waals surface area (Å²) in [4.78, 5) is 66.8. The zero-order valence-corrected chi connectivity index (χ0v) is 15.3. The molecule has 0 saturated heterocycles. The molecule has 0 spiro atoms. The monoisotopic (exact) mass is 423 g/mol. The van der Waals surface area contributed by atoms with Crippen molar-refractivity contribution in [3.05, 3.63) is 0 Å². The molecule has 0 aromatic heterocycles. The fourth-order valence-electron chi connectivity index (χ4n) is 1.70. The van der Waals surface area contributed by atoms with Gasteiger partial charge >= 0.3 is 23.9 Å². The molecular formula is C14H21N3O10S. The molecule has 0 aromatic rings. The molecule has 0 aliphatic heterocycles. The molecule has 0 bridgehead atoms. The first-order valence-electron chi connectivity index (χ1n) is 7.76. The van der Waals surface area contributed by atoms with Crippen LogP contribution in [0.4, 0.5) is 0 Å². The lowest BCUT2D eigenvalue weighted by Gasteiger charge is -2.18. The number of nitrogens with one attached hydrogen (secondary N) is 2. The normalized spacial score (nSPS) is 12.6. The quantitative estimate of drug-likeness (QED) is 0.142. The van der Waals surface area contributed by atoms with E-state index >= 15 is 0 Å². The van der Waals surface area contributed by atoms with Crippen molar-refractivity contribution < 1.29 is 49.2 Å². The number of carbonyl (C=O) groups is 6. The molecule has 13 nitrogen and oxygen atoms in total. The van der Waals surface area contributed by atoms with Crippen molar-refractivity contribution in [3.63, 3.8) is 0 Å². The molecule has 0 saturated carbocycles. The van der Waals surface area contributed by atoms with Gasteiger partial charge in [-0.2, -0.15) is 11.8 Å². The summed E-state index contributed by atoms with van der Waals surface area (Å²) in [7, 11) is 0. The smallest absolute Gasteiger partial charge is 0.322 e. The second-order valence-electron chi connectivity index (χ2n) is 5.48. The van der Waals surface area contributed by atoms with E-state index in [1.165, 1.54) is 0 Å². The topological polar surface area (TPSA) is 233 Å². The van der Waals surface area contributed by atoms with E-state index in [2.05, 4.69) is 5.32 Å². The highest BCUT2D eigenvalue weighted by molar-refractivity contribution is 7.99. The van der Waals surface area contributed by atoms with Gasteiger partial charge in [0.15, 0.2) is 5.92 Å². The van der Waals surface area contributed by atoms with Gasteiger partial charge in [-0.05, 0) is 6.42 Å². The first-order chi connectivity index (χ1) is 13.0. The third-order valence-electron chi connectivity index (χ3n) is 3.23. The number of hydrogen-bond donors (Lipinski definition) is 7. The highest BCUT2D eigenvalue weighted by Gasteiger charge is 2.28. The van der Waals surface area contributed by atoms with Crippen LogP contribution >= 0.6 is 11.8 Å². The minimum Gasteiger partial charge on any atom is -0.481 e. The molecule has 0 aromatic carbocycles. The zero-order chi connectivity index (χ0) is 21.9. The van der Waals surface area contributed by atoms with E-state index < -0.39 is 66.0 Å². The van der Waals surface area contributed by atoms with Crippen LogP contribution in [0.2, 0.25) is 0 Å². The molecule has 0 aliphatic rings. The van der Waals surface area contributed by atoms with E-state index in [1.54, 1.807) is 0 Å². The first kappa shape index (κ1) is 25.1. The van der Waals surface area contributed by atoms with Crippen molar-refractivity contribution in [1.29, 1.82) is 0 Å². The average Bonchev–Trinajstić information content (AvgIpc) is 2.59. The maximum absolute atomic E-state index is 12.0. The Bertz CT molecular complexity index is 612. The van der Waals surface area contributed by atoms with Crippen LogP contribution in [-0.4, -0.2) is 86.3 Å². The Labute approximate surface area is 162 Å². The summed E-state index contributed by atoms with van der Waals surface area (Å²) in [6.45, 7) is -0.730. The van der Waals surface area contributed by atoms with Crippen LogP contribution in [0.15, 0.2) is 0 Å². The highest BCUT2D eigenvalue weighted by atomic mass is 32.2. The first-order valence-corrected chi connectivity index (χ1v) is 8.91. The fourth-order valence-corrected chi connectivity index (χ4v) is 2.82. The van der Waals surface area contributed by atoms with E-state index in [1.807, 2.05) is 5.32 Å². The highest BCUT2D eigenvalue weighted by Crippen LogP contribution is 2.12. The molecular weight excluding hydrogens is 402 g/mol. The molecule has 8 N–H and O–H groups in total. The van der Waals surface area contributed by atoms with Crippen LogP contribution in [0.25, 0.3) is 0 Å². The maximum Gasteiger partial charge on any atom is 0.322 e. The van der Waals surface area contributed by atoms with Crippen LogP contribution in [0, 0.1) is 5.92 Å². The van der Waals surface area contributed by atoms with Crippen LogP contribution in [-0.2, 0) is 28.8 Å². The summed E-state index contributed by atoms with van der Waals surface area (Å²) in [5.41, 5.74) is 5.27. The van der Waals surface area contributed by atoms with Crippen molar-refractivity contribution in [2.45, 2.75) is 24.9 Å². The molecule has 0 aliphatic carbocycles. The van der Waals surface area contributed by atoms with Gasteiger partial charge in [-0.25, -0.2) is 0 Å². The molecule has 14 heteroatoms. The van der Waals surface area contributed by atoms with Crippen LogP contribution in [0.5, 0.6) is 0 Å². The number of thioether (sulfide) groups is 1. The lowest BCUT2D eigenvalue weighted by Crippen LogP contribution is -2.49. The summed E-state index contributed by atoms with van der Waals surface area (Å²) in [6.07, 6.45) is -0.536. The SMILES string of the molecule is N[C@@H](CCC(=O)N[C@@H](CSCC(C(=O)O)C(=O)O)C(=O)NCC(=O)O)C(=O)O. The van der Waals surface area contributed by atoms with Crippen LogP contribution in [0.1, 0.15) is 12.8 Å². The Morgan fingerprint density at radius 2 is 1.46 bits per heavy atom. The fraction of sp³-hybridized carbons (Fsp3) is 0.571. The van der Waals surface area contributed by atoms with Crippen molar-refractivity contribution in [2.24, 2.45) is 11.7 Å². The largest absolute Gasteiger partial charge is 0.481 e. The number of carboxylic acid groups (broad SMARTS) is 4. The molecule has 158 valence electrons. The van der Waals surface area contributed by atoms with Gasteiger partial charge in [-0.15, -0.1) is 0 Å². The maximum atomic E-state index is 12.0. The summed E-state index contributed by atoms with van der Waals surface area (Å²) in [5, 5.41) is 39.2. The summed E-state index contributed by atoms with van der Waals surface area (Å²) in [5.74, 6) is -9.77. The van der Waals surface area contributed by atoms with Gasteiger partial charge in [0.2, 0.25) is 11.8 Å². The van der Waals surface area contributed by atoms with Gasteiger partial charge in [0.05, 0.1) is 0 Å². The second kappa shape index (κ2) is 12.5. The van der Waals surface area contributed by atoms with Gasteiger partial charge in [-0.3, -0.25) is 28.8 Å². The van der Waals surface area contributed by atoms with Crippen molar-refractivity contribution >= 4 is 47.5 Å². The molecule has 0 fully saturated rings. The lowest BCUT2D eigenvalue weighted by atomic mass is 10.1.